The highest BCUT2D eigenvalue weighted by atomic mass is 16.5. The van der Waals surface area contributed by atoms with Crippen LogP contribution in [0.5, 0.6) is 23.0 Å². The SMILES string of the molecule is CC(COC(=O)c1cc(C(=O)O)cc(C(=O)OCC(C)COc2ccc(C(=O)Oc3ccc(-c4ccc(C#N)cc4)cc3)cc2)c1)COc1ccc(C(=O)Oc2ccc(-c3ccc(C#N)cc3)cc2)cc1. The fraction of sp³-hybridized carbons (Fsp3) is 0.140. The van der Waals surface area contributed by atoms with Crippen molar-refractivity contribution in [3.63, 3.8) is 0 Å². The molecule has 7 aromatic carbocycles. The molecule has 2 atom stereocenters. The van der Waals surface area contributed by atoms with E-state index >= 15 is 0 Å². The number of hydrogen-bond donors (Lipinski definition) is 1. The highest BCUT2D eigenvalue weighted by Crippen LogP contribution is 2.26. The van der Waals surface area contributed by atoms with Crippen molar-refractivity contribution in [2.24, 2.45) is 11.8 Å². The molecule has 0 saturated carbocycles. The van der Waals surface area contributed by atoms with Crippen LogP contribution in [0.3, 0.4) is 0 Å². The van der Waals surface area contributed by atoms with Crippen LogP contribution in [0, 0.1) is 34.5 Å². The van der Waals surface area contributed by atoms with E-state index in [-0.39, 0.29) is 55.0 Å². The number of benzene rings is 7. The van der Waals surface area contributed by atoms with Gasteiger partial charge in [-0.1, -0.05) is 62.4 Å². The molecule has 0 aliphatic carbocycles. The minimum absolute atomic E-state index is 0.0914. The first kappa shape index (κ1) is 49.4. The van der Waals surface area contributed by atoms with Gasteiger partial charge in [0, 0.05) is 11.8 Å². The Balaban J connectivity index is 0.823. The Kier molecular flexibility index (Phi) is 16.3. The molecule has 0 bridgehead atoms. The van der Waals surface area contributed by atoms with Crippen molar-refractivity contribution in [2.75, 3.05) is 26.4 Å². The molecule has 0 heterocycles. The molecule has 0 radical (unpaired) electrons. The molecular weight excluding hydrogens is 905 g/mol. The Labute approximate surface area is 408 Å². The Morgan fingerprint density at radius 2 is 0.718 bits per heavy atom. The number of carbonyl (C=O) groups is 5. The van der Waals surface area contributed by atoms with Crippen molar-refractivity contribution < 1.29 is 57.5 Å². The monoisotopic (exact) mass is 948 g/mol. The maximum Gasteiger partial charge on any atom is 0.343 e. The highest BCUT2D eigenvalue weighted by Gasteiger charge is 2.20. The first-order valence-corrected chi connectivity index (χ1v) is 22.2. The summed E-state index contributed by atoms with van der Waals surface area (Å²) in [5.41, 5.74) is 4.74. The zero-order valence-corrected chi connectivity index (χ0v) is 38.4. The largest absolute Gasteiger partial charge is 0.493 e. The van der Waals surface area contributed by atoms with Crippen LogP contribution in [0.25, 0.3) is 22.3 Å². The molecule has 14 heteroatoms. The van der Waals surface area contributed by atoms with E-state index < -0.39 is 29.8 Å². The van der Waals surface area contributed by atoms with Crippen molar-refractivity contribution in [3.8, 4) is 57.4 Å². The van der Waals surface area contributed by atoms with E-state index in [0.717, 1.165) is 34.4 Å². The Morgan fingerprint density at radius 3 is 1.04 bits per heavy atom. The molecule has 0 spiro atoms. The lowest BCUT2D eigenvalue weighted by Crippen LogP contribution is -2.20. The molecule has 0 aromatic heterocycles. The second kappa shape index (κ2) is 23.5. The lowest BCUT2D eigenvalue weighted by atomic mass is 10.0. The molecule has 7 rings (SSSR count). The fourth-order valence-electron chi connectivity index (χ4n) is 6.77. The number of ether oxygens (including phenoxy) is 6. The number of esters is 4. The van der Waals surface area contributed by atoms with E-state index in [1.807, 2.05) is 48.5 Å². The Hall–Kier alpha value is -9.53. The van der Waals surface area contributed by atoms with Crippen molar-refractivity contribution in [2.45, 2.75) is 13.8 Å². The van der Waals surface area contributed by atoms with Crippen molar-refractivity contribution in [3.05, 3.63) is 203 Å². The van der Waals surface area contributed by atoms with Crippen LogP contribution in [0.15, 0.2) is 164 Å². The Morgan fingerprint density at radius 1 is 0.408 bits per heavy atom. The number of carboxylic acids is 1. The maximum atomic E-state index is 13.1. The van der Waals surface area contributed by atoms with Gasteiger partial charge >= 0.3 is 29.8 Å². The van der Waals surface area contributed by atoms with Crippen LogP contribution < -0.4 is 18.9 Å². The first-order chi connectivity index (χ1) is 34.3. The Bertz CT molecular complexity index is 2900. The molecule has 354 valence electrons. The second-order valence-corrected chi connectivity index (χ2v) is 16.4. The van der Waals surface area contributed by atoms with Crippen LogP contribution in [-0.2, 0) is 9.47 Å². The molecule has 14 nitrogen and oxygen atoms in total. The summed E-state index contributed by atoms with van der Waals surface area (Å²) in [6.07, 6.45) is 0. The van der Waals surface area contributed by atoms with Crippen LogP contribution in [0.1, 0.15) is 76.8 Å². The summed E-state index contributed by atoms with van der Waals surface area (Å²) in [5, 5.41) is 27.8. The minimum Gasteiger partial charge on any atom is -0.493 e. The molecule has 0 aliphatic rings. The smallest absolute Gasteiger partial charge is 0.343 e. The van der Waals surface area contributed by atoms with E-state index in [1.54, 1.807) is 111 Å². The van der Waals surface area contributed by atoms with Crippen LogP contribution in [0.4, 0.5) is 0 Å². The fourth-order valence-corrected chi connectivity index (χ4v) is 6.77. The molecule has 0 saturated heterocycles. The molecule has 71 heavy (non-hydrogen) atoms. The third kappa shape index (κ3) is 13.8. The van der Waals surface area contributed by atoms with Gasteiger partial charge in [-0.2, -0.15) is 10.5 Å². The summed E-state index contributed by atoms with van der Waals surface area (Å²) in [6, 6.07) is 48.6. The van der Waals surface area contributed by atoms with E-state index in [1.165, 1.54) is 6.07 Å². The van der Waals surface area contributed by atoms with Gasteiger partial charge in [0.15, 0.2) is 0 Å². The third-order valence-electron chi connectivity index (χ3n) is 10.7. The number of hydrogen-bond acceptors (Lipinski definition) is 13. The zero-order valence-electron chi connectivity index (χ0n) is 38.4. The third-order valence-corrected chi connectivity index (χ3v) is 10.7. The van der Waals surface area contributed by atoms with Gasteiger partial charge in [0.05, 0.1) is 77.5 Å². The van der Waals surface area contributed by atoms with Gasteiger partial charge in [0.2, 0.25) is 0 Å². The zero-order chi connectivity index (χ0) is 50.3. The number of rotatable bonds is 19. The number of nitriles is 2. The quantitative estimate of drug-likeness (QED) is 0.0591. The van der Waals surface area contributed by atoms with E-state index in [9.17, 15) is 29.1 Å². The topological polar surface area (TPSA) is 209 Å². The van der Waals surface area contributed by atoms with Gasteiger partial charge in [-0.25, -0.2) is 24.0 Å². The second-order valence-electron chi connectivity index (χ2n) is 16.4. The molecule has 7 aromatic rings. The summed E-state index contributed by atoms with van der Waals surface area (Å²) >= 11 is 0. The number of aromatic carboxylic acids is 1. The van der Waals surface area contributed by atoms with Crippen LogP contribution in [0.2, 0.25) is 0 Å². The summed E-state index contributed by atoms with van der Waals surface area (Å²) in [7, 11) is 0. The predicted molar refractivity (Wildman–Crippen MR) is 259 cm³/mol. The molecule has 1 N–H and O–H groups in total. The average molecular weight is 949 g/mol. The number of carbonyl (C=O) groups excluding carboxylic acids is 4. The van der Waals surface area contributed by atoms with Gasteiger partial charge in [-0.15, -0.1) is 0 Å². The standard InChI is InChI=1S/C57H44N2O12/c1-36(32-66-49-19-15-44(16-20-49)56(64)70-51-23-11-42(12-24-51)40-7-3-38(30-58)4-8-40)34-68-54(62)47-27-46(53(60)61)28-48(29-47)55(63)69-35-37(2)33-67-50-21-17-45(18-22-50)57(65)71-52-25-13-43(14-26-52)41-9-5-39(31-59)6-10-41/h3-29,36-37H,32-35H2,1-2H3,(H,60,61). The summed E-state index contributed by atoms with van der Waals surface area (Å²) in [6.45, 7) is 3.65. The molecule has 0 fully saturated rings. The summed E-state index contributed by atoms with van der Waals surface area (Å²) in [4.78, 5) is 63.7. The maximum absolute atomic E-state index is 13.1. The summed E-state index contributed by atoms with van der Waals surface area (Å²) in [5.74, 6) is -3.15. The van der Waals surface area contributed by atoms with Crippen LogP contribution >= 0.6 is 0 Å². The average Bonchev–Trinajstić information content (AvgIpc) is 3.41. The van der Waals surface area contributed by atoms with E-state index in [2.05, 4.69) is 12.1 Å². The lowest BCUT2D eigenvalue weighted by Gasteiger charge is -2.15. The van der Waals surface area contributed by atoms with E-state index in [4.69, 9.17) is 38.9 Å². The summed E-state index contributed by atoms with van der Waals surface area (Å²) < 4.78 is 33.6. The van der Waals surface area contributed by atoms with Gasteiger partial charge in [0.25, 0.3) is 0 Å². The molecule has 0 amide bonds. The molecule has 2 unspecified atom stereocenters. The van der Waals surface area contributed by atoms with Crippen molar-refractivity contribution >= 4 is 29.8 Å². The normalized spacial score (nSPS) is 11.4. The van der Waals surface area contributed by atoms with Gasteiger partial charge in [0.1, 0.15) is 23.0 Å². The van der Waals surface area contributed by atoms with E-state index in [0.29, 0.717) is 45.3 Å². The highest BCUT2D eigenvalue weighted by molar-refractivity contribution is 6.00. The van der Waals surface area contributed by atoms with Gasteiger partial charge < -0.3 is 33.5 Å². The van der Waals surface area contributed by atoms with Gasteiger partial charge in [-0.3, -0.25) is 0 Å². The molecule has 0 aliphatic heterocycles. The predicted octanol–water partition coefficient (Wildman–Crippen LogP) is 10.6. The number of carboxylic acid groups (broad SMARTS) is 1. The minimum atomic E-state index is -1.36. The first-order valence-electron chi connectivity index (χ1n) is 22.2. The molecular formula is C57H44N2O12. The number of nitrogens with zero attached hydrogens (tertiary/aromatic N) is 2. The van der Waals surface area contributed by atoms with Crippen molar-refractivity contribution in [1.29, 1.82) is 10.5 Å². The van der Waals surface area contributed by atoms with Crippen LogP contribution in [-0.4, -0.2) is 61.4 Å². The van der Waals surface area contributed by atoms with Gasteiger partial charge in [-0.05, 0) is 138 Å². The van der Waals surface area contributed by atoms with Crippen molar-refractivity contribution in [1.82, 2.24) is 0 Å². The lowest BCUT2D eigenvalue weighted by molar-refractivity contribution is 0.0412.